The van der Waals surface area contributed by atoms with Gasteiger partial charge >= 0.3 is 0 Å². The molecule has 0 radical (unpaired) electrons. The summed E-state index contributed by atoms with van der Waals surface area (Å²) in [6.45, 7) is 8.46. The third-order valence-electron chi connectivity index (χ3n) is 4.09. The van der Waals surface area contributed by atoms with Gasteiger partial charge in [-0.15, -0.1) is 24.8 Å². The molecule has 0 aliphatic carbocycles. The van der Waals surface area contributed by atoms with E-state index in [1.54, 1.807) is 0 Å². The van der Waals surface area contributed by atoms with E-state index in [4.69, 9.17) is 22.3 Å². The lowest BCUT2D eigenvalue weighted by atomic mass is 10.2. The summed E-state index contributed by atoms with van der Waals surface area (Å²) in [6.07, 6.45) is 0. The zero-order valence-electron chi connectivity index (χ0n) is 13.6. The Morgan fingerprint density at radius 2 is 1.74 bits per heavy atom. The second-order valence-electron chi connectivity index (χ2n) is 6.03. The van der Waals surface area contributed by atoms with Crippen molar-refractivity contribution in [2.75, 3.05) is 43.9 Å². The first kappa shape index (κ1) is 20.2. The molecule has 2 N–H and O–H groups in total. The van der Waals surface area contributed by atoms with Crippen LogP contribution in [0.25, 0.3) is 11.0 Å². The highest BCUT2D eigenvalue weighted by Gasteiger charge is 2.22. The molecule has 8 heteroatoms. The molecule has 0 unspecified atom stereocenters. The summed E-state index contributed by atoms with van der Waals surface area (Å²) in [7, 11) is 2.16. The van der Waals surface area contributed by atoms with Crippen molar-refractivity contribution in [3.63, 3.8) is 0 Å². The standard InChI is InChI=1S/C15H22ClN5.2ClH/c1-10(2)21-14-9-12(17)11(16)8-13(14)18-15(21)20-6-4-19(3)5-7-20;;/h8-10H,4-7,17H2,1-3H3;2*1H. The highest BCUT2D eigenvalue weighted by Crippen LogP contribution is 2.32. The Kier molecular flexibility index (Phi) is 6.83. The van der Waals surface area contributed by atoms with Crippen LogP contribution in [0.5, 0.6) is 0 Å². The maximum atomic E-state index is 6.14. The minimum atomic E-state index is 0. The van der Waals surface area contributed by atoms with E-state index in [-0.39, 0.29) is 24.8 Å². The number of nitrogen functional groups attached to an aromatic ring is 1. The van der Waals surface area contributed by atoms with Crippen LogP contribution in [0.1, 0.15) is 19.9 Å². The van der Waals surface area contributed by atoms with Crippen molar-refractivity contribution < 1.29 is 0 Å². The summed E-state index contributed by atoms with van der Waals surface area (Å²) in [5.74, 6) is 1.02. The smallest absolute Gasteiger partial charge is 0.206 e. The van der Waals surface area contributed by atoms with Crippen LogP contribution >= 0.6 is 36.4 Å². The Morgan fingerprint density at radius 1 is 1.13 bits per heavy atom. The van der Waals surface area contributed by atoms with E-state index in [2.05, 4.69) is 35.3 Å². The number of rotatable bonds is 2. The van der Waals surface area contributed by atoms with Crippen molar-refractivity contribution in [1.82, 2.24) is 14.5 Å². The zero-order valence-corrected chi connectivity index (χ0v) is 16.0. The van der Waals surface area contributed by atoms with E-state index in [1.807, 2.05) is 12.1 Å². The number of likely N-dealkylation sites (N-methyl/N-ethyl adjacent to an activating group) is 1. The van der Waals surface area contributed by atoms with Crippen LogP contribution in [-0.2, 0) is 0 Å². The first-order chi connectivity index (χ1) is 9.97. The van der Waals surface area contributed by atoms with Crippen molar-refractivity contribution in [1.29, 1.82) is 0 Å². The van der Waals surface area contributed by atoms with Gasteiger partial charge in [-0.2, -0.15) is 0 Å². The Bertz CT molecular complexity index is 663. The third-order valence-corrected chi connectivity index (χ3v) is 4.42. The van der Waals surface area contributed by atoms with Crippen molar-refractivity contribution >= 4 is 59.1 Å². The van der Waals surface area contributed by atoms with E-state index in [1.165, 1.54) is 0 Å². The third kappa shape index (κ3) is 3.79. The summed E-state index contributed by atoms with van der Waals surface area (Å²) < 4.78 is 2.26. The van der Waals surface area contributed by atoms with Gasteiger partial charge < -0.3 is 20.1 Å². The molecule has 5 nitrogen and oxygen atoms in total. The molecule has 2 aromatic rings. The van der Waals surface area contributed by atoms with Crippen LogP contribution < -0.4 is 10.6 Å². The summed E-state index contributed by atoms with van der Waals surface area (Å²) >= 11 is 6.14. The number of hydrogen-bond acceptors (Lipinski definition) is 4. The van der Waals surface area contributed by atoms with Gasteiger partial charge in [-0.05, 0) is 33.0 Å². The number of piperazine rings is 1. The predicted molar refractivity (Wildman–Crippen MR) is 104 cm³/mol. The molecule has 1 fully saturated rings. The molecule has 3 rings (SSSR count). The van der Waals surface area contributed by atoms with Gasteiger partial charge in [0.25, 0.3) is 0 Å². The van der Waals surface area contributed by atoms with Crippen LogP contribution in [0, 0.1) is 0 Å². The molecule has 2 heterocycles. The number of halogens is 3. The topological polar surface area (TPSA) is 50.3 Å². The number of nitrogens with zero attached hydrogens (tertiary/aromatic N) is 4. The van der Waals surface area contributed by atoms with Gasteiger partial charge in [0.2, 0.25) is 5.95 Å². The molecule has 0 spiro atoms. The largest absolute Gasteiger partial charge is 0.397 e. The lowest BCUT2D eigenvalue weighted by Gasteiger charge is -2.34. The fraction of sp³-hybridized carbons (Fsp3) is 0.533. The molecular formula is C15H24Cl3N5. The predicted octanol–water partition coefficient (Wildman–Crippen LogP) is 3.45. The average molecular weight is 381 g/mol. The maximum Gasteiger partial charge on any atom is 0.206 e. The lowest BCUT2D eigenvalue weighted by molar-refractivity contribution is 0.309. The molecule has 1 aliphatic rings. The number of hydrogen-bond donors (Lipinski definition) is 1. The molecule has 0 saturated carbocycles. The van der Waals surface area contributed by atoms with E-state index in [0.29, 0.717) is 16.8 Å². The maximum absolute atomic E-state index is 6.14. The van der Waals surface area contributed by atoms with Gasteiger partial charge in [-0.1, -0.05) is 11.6 Å². The molecule has 1 saturated heterocycles. The van der Waals surface area contributed by atoms with Crippen LogP contribution in [0.4, 0.5) is 11.6 Å². The van der Waals surface area contributed by atoms with Crippen LogP contribution in [0.3, 0.4) is 0 Å². The summed E-state index contributed by atoms with van der Waals surface area (Å²) in [5, 5.41) is 0.570. The lowest BCUT2D eigenvalue weighted by Crippen LogP contribution is -2.45. The van der Waals surface area contributed by atoms with Gasteiger partial charge in [0.05, 0.1) is 21.7 Å². The second kappa shape index (κ2) is 7.79. The highest BCUT2D eigenvalue weighted by atomic mass is 35.5. The molecule has 23 heavy (non-hydrogen) atoms. The Hall–Kier alpha value is -0.880. The number of fused-ring (bicyclic) bond motifs is 1. The number of nitrogens with two attached hydrogens (primary N) is 1. The van der Waals surface area contributed by atoms with Crippen molar-refractivity contribution in [3.05, 3.63) is 17.2 Å². The molecule has 0 bridgehead atoms. The molecule has 130 valence electrons. The molecule has 1 aromatic heterocycles. The first-order valence-electron chi connectivity index (χ1n) is 7.38. The number of aromatic nitrogens is 2. The quantitative estimate of drug-likeness (QED) is 0.811. The molecule has 1 aliphatic heterocycles. The molecule has 0 amide bonds. The zero-order chi connectivity index (χ0) is 15.1. The monoisotopic (exact) mass is 379 g/mol. The van der Waals surface area contributed by atoms with E-state index in [9.17, 15) is 0 Å². The van der Waals surface area contributed by atoms with Gasteiger partial charge in [0.1, 0.15) is 0 Å². The van der Waals surface area contributed by atoms with E-state index < -0.39 is 0 Å². The fourth-order valence-electron chi connectivity index (χ4n) is 2.86. The normalized spacial score (nSPS) is 15.6. The second-order valence-corrected chi connectivity index (χ2v) is 6.44. The van der Waals surface area contributed by atoms with E-state index in [0.717, 1.165) is 43.2 Å². The van der Waals surface area contributed by atoms with Crippen molar-refractivity contribution in [2.24, 2.45) is 0 Å². The summed E-state index contributed by atoms with van der Waals surface area (Å²) in [6, 6.07) is 4.12. The van der Waals surface area contributed by atoms with E-state index >= 15 is 0 Å². The minimum Gasteiger partial charge on any atom is -0.397 e. The van der Waals surface area contributed by atoms with Gasteiger partial charge in [0.15, 0.2) is 0 Å². The fourth-order valence-corrected chi connectivity index (χ4v) is 3.02. The van der Waals surface area contributed by atoms with Gasteiger partial charge in [-0.3, -0.25) is 0 Å². The number of benzene rings is 1. The minimum absolute atomic E-state index is 0. The van der Waals surface area contributed by atoms with Gasteiger partial charge in [0, 0.05) is 32.2 Å². The summed E-state index contributed by atoms with van der Waals surface area (Å²) in [5.41, 5.74) is 8.54. The Morgan fingerprint density at radius 3 is 2.30 bits per heavy atom. The summed E-state index contributed by atoms with van der Waals surface area (Å²) in [4.78, 5) is 9.51. The number of imidazole rings is 1. The molecule has 1 aromatic carbocycles. The number of anilines is 2. The Balaban J connectivity index is 0.00000132. The first-order valence-corrected chi connectivity index (χ1v) is 7.75. The van der Waals surface area contributed by atoms with Crippen LogP contribution in [0.2, 0.25) is 5.02 Å². The Labute approximate surface area is 154 Å². The van der Waals surface area contributed by atoms with Crippen molar-refractivity contribution in [2.45, 2.75) is 19.9 Å². The molecular weight excluding hydrogens is 357 g/mol. The van der Waals surface area contributed by atoms with Gasteiger partial charge in [-0.25, -0.2) is 4.98 Å². The van der Waals surface area contributed by atoms with Crippen LogP contribution in [0.15, 0.2) is 12.1 Å². The average Bonchev–Trinajstić information content (AvgIpc) is 2.78. The van der Waals surface area contributed by atoms with Crippen LogP contribution in [-0.4, -0.2) is 47.7 Å². The molecule has 0 atom stereocenters. The SMILES string of the molecule is CC(C)n1c(N2CCN(C)CC2)nc2cc(Cl)c(N)cc21.Cl.Cl. The van der Waals surface area contributed by atoms with Crippen molar-refractivity contribution in [3.8, 4) is 0 Å². The highest BCUT2D eigenvalue weighted by molar-refractivity contribution is 6.33.